The number of hydrazine groups is 1. The SMILES string of the molecule is O=C(COc1ccc2ccc(=O)oc2c1)NNC(=O)CN1CCCc2ccccc21. The van der Waals surface area contributed by atoms with Crippen LogP contribution in [0.1, 0.15) is 12.0 Å². The smallest absolute Gasteiger partial charge is 0.336 e. The summed E-state index contributed by atoms with van der Waals surface area (Å²) in [5.41, 5.74) is 6.95. The van der Waals surface area contributed by atoms with Crippen LogP contribution in [0.5, 0.6) is 5.75 Å². The lowest BCUT2D eigenvalue weighted by Crippen LogP contribution is -2.48. The van der Waals surface area contributed by atoms with E-state index in [1.54, 1.807) is 18.2 Å². The first-order valence-corrected chi connectivity index (χ1v) is 9.66. The molecule has 0 bridgehead atoms. The van der Waals surface area contributed by atoms with Crippen molar-refractivity contribution in [2.24, 2.45) is 0 Å². The number of para-hydroxylation sites is 1. The molecule has 0 spiro atoms. The van der Waals surface area contributed by atoms with E-state index in [1.165, 1.54) is 17.7 Å². The van der Waals surface area contributed by atoms with Gasteiger partial charge in [-0.3, -0.25) is 20.4 Å². The molecule has 4 rings (SSSR count). The van der Waals surface area contributed by atoms with Crippen LogP contribution < -0.4 is 26.1 Å². The lowest BCUT2D eigenvalue weighted by Gasteiger charge is -2.30. The maximum atomic E-state index is 12.2. The molecule has 154 valence electrons. The molecule has 2 amide bonds. The van der Waals surface area contributed by atoms with Crippen molar-refractivity contribution in [3.05, 3.63) is 70.6 Å². The predicted molar refractivity (Wildman–Crippen MR) is 111 cm³/mol. The van der Waals surface area contributed by atoms with Crippen molar-refractivity contribution in [2.75, 3.05) is 24.6 Å². The number of nitrogens with zero attached hydrogens (tertiary/aromatic N) is 1. The Hall–Kier alpha value is -3.81. The van der Waals surface area contributed by atoms with Gasteiger partial charge in [0.05, 0.1) is 6.54 Å². The molecule has 30 heavy (non-hydrogen) atoms. The molecule has 3 aromatic rings. The second-order valence-electron chi connectivity index (χ2n) is 6.99. The Morgan fingerprint density at radius 3 is 2.73 bits per heavy atom. The van der Waals surface area contributed by atoms with E-state index in [2.05, 4.69) is 16.9 Å². The Balaban J connectivity index is 1.26. The molecule has 2 N–H and O–H groups in total. The lowest BCUT2D eigenvalue weighted by atomic mass is 10.0. The van der Waals surface area contributed by atoms with Crippen LogP contribution in [0.25, 0.3) is 11.0 Å². The molecular formula is C22H21N3O5. The number of hydrogen-bond donors (Lipinski definition) is 2. The second kappa shape index (κ2) is 8.69. The molecule has 0 saturated heterocycles. The number of anilines is 1. The quantitative estimate of drug-likeness (QED) is 0.494. The highest BCUT2D eigenvalue weighted by Gasteiger charge is 2.18. The van der Waals surface area contributed by atoms with Crippen molar-refractivity contribution >= 4 is 28.5 Å². The topological polar surface area (TPSA) is 101 Å². The zero-order valence-electron chi connectivity index (χ0n) is 16.2. The molecule has 0 atom stereocenters. The van der Waals surface area contributed by atoms with Crippen LogP contribution in [0.4, 0.5) is 5.69 Å². The summed E-state index contributed by atoms with van der Waals surface area (Å²) in [4.78, 5) is 37.5. The second-order valence-corrected chi connectivity index (χ2v) is 6.99. The molecule has 8 heteroatoms. The van der Waals surface area contributed by atoms with Crippen LogP contribution >= 0.6 is 0 Å². The Morgan fingerprint density at radius 2 is 1.83 bits per heavy atom. The van der Waals surface area contributed by atoms with Gasteiger partial charge in [0.1, 0.15) is 11.3 Å². The highest BCUT2D eigenvalue weighted by molar-refractivity contribution is 5.85. The number of aryl methyl sites for hydroxylation is 1. The number of carbonyl (C=O) groups excluding carboxylic acids is 2. The fraction of sp³-hybridized carbons (Fsp3) is 0.227. The zero-order chi connectivity index (χ0) is 20.9. The lowest BCUT2D eigenvalue weighted by molar-refractivity contribution is -0.129. The van der Waals surface area contributed by atoms with Crippen LogP contribution in [0, 0.1) is 0 Å². The van der Waals surface area contributed by atoms with E-state index in [9.17, 15) is 14.4 Å². The summed E-state index contributed by atoms with van der Waals surface area (Å²) >= 11 is 0. The average Bonchev–Trinajstić information content (AvgIpc) is 2.76. The van der Waals surface area contributed by atoms with E-state index in [4.69, 9.17) is 9.15 Å². The first kappa shape index (κ1) is 19.5. The van der Waals surface area contributed by atoms with Gasteiger partial charge in [-0.15, -0.1) is 0 Å². The summed E-state index contributed by atoms with van der Waals surface area (Å²) in [6.45, 7) is 0.650. The van der Waals surface area contributed by atoms with Crippen LogP contribution in [-0.2, 0) is 16.0 Å². The van der Waals surface area contributed by atoms with Crippen molar-refractivity contribution in [3.63, 3.8) is 0 Å². The Bertz CT molecular complexity index is 1140. The highest BCUT2D eigenvalue weighted by atomic mass is 16.5. The molecule has 1 aliphatic rings. The van der Waals surface area contributed by atoms with E-state index in [0.717, 1.165) is 30.5 Å². The number of carbonyl (C=O) groups is 2. The molecule has 2 heterocycles. The number of amides is 2. The van der Waals surface area contributed by atoms with Gasteiger partial charge in [-0.25, -0.2) is 4.79 Å². The fourth-order valence-electron chi connectivity index (χ4n) is 3.44. The minimum absolute atomic E-state index is 0.155. The van der Waals surface area contributed by atoms with Gasteiger partial charge < -0.3 is 14.1 Å². The van der Waals surface area contributed by atoms with E-state index >= 15 is 0 Å². The van der Waals surface area contributed by atoms with Crippen molar-refractivity contribution < 1.29 is 18.7 Å². The molecular weight excluding hydrogens is 386 g/mol. The molecule has 0 saturated carbocycles. The van der Waals surface area contributed by atoms with Gasteiger partial charge in [0, 0.05) is 29.8 Å². The highest BCUT2D eigenvalue weighted by Crippen LogP contribution is 2.26. The van der Waals surface area contributed by atoms with E-state index < -0.39 is 11.5 Å². The van der Waals surface area contributed by atoms with E-state index in [0.29, 0.717) is 11.3 Å². The van der Waals surface area contributed by atoms with Crippen molar-refractivity contribution in [1.82, 2.24) is 10.9 Å². The van der Waals surface area contributed by atoms with Crippen LogP contribution in [0.15, 0.2) is 63.8 Å². The minimum Gasteiger partial charge on any atom is -0.484 e. The maximum Gasteiger partial charge on any atom is 0.336 e. The number of ether oxygens (including phenoxy) is 1. The number of hydrogen-bond acceptors (Lipinski definition) is 6. The molecule has 1 aliphatic heterocycles. The summed E-state index contributed by atoms with van der Waals surface area (Å²) in [6.07, 6.45) is 1.98. The van der Waals surface area contributed by atoms with Gasteiger partial charge >= 0.3 is 5.63 Å². The Kier molecular flexibility index (Phi) is 5.65. The van der Waals surface area contributed by atoms with Crippen LogP contribution in [-0.4, -0.2) is 31.5 Å². The Morgan fingerprint density at radius 1 is 1.03 bits per heavy atom. The van der Waals surface area contributed by atoms with Crippen LogP contribution in [0.3, 0.4) is 0 Å². The summed E-state index contributed by atoms with van der Waals surface area (Å²) < 4.78 is 10.5. The number of nitrogens with one attached hydrogen (secondary N) is 2. The first-order chi connectivity index (χ1) is 14.6. The van der Waals surface area contributed by atoms with Gasteiger partial charge in [0.25, 0.3) is 11.8 Å². The molecule has 2 aromatic carbocycles. The third-order valence-corrected chi connectivity index (χ3v) is 4.85. The normalized spacial score (nSPS) is 12.9. The third-order valence-electron chi connectivity index (χ3n) is 4.85. The van der Waals surface area contributed by atoms with Gasteiger partial charge in [-0.2, -0.15) is 0 Å². The summed E-state index contributed by atoms with van der Waals surface area (Å²) in [5, 5.41) is 0.748. The van der Waals surface area contributed by atoms with Gasteiger partial charge in [-0.05, 0) is 42.7 Å². The predicted octanol–water partition coefficient (Wildman–Crippen LogP) is 1.77. The molecule has 0 radical (unpaired) electrons. The van der Waals surface area contributed by atoms with Gasteiger partial charge in [0.2, 0.25) is 0 Å². The van der Waals surface area contributed by atoms with Crippen molar-refractivity contribution in [1.29, 1.82) is 0 Å². The van der Waals surface area contributed by atoms with Gasteiger partial charge in [0.15, 0.2) is 6.61 Å². The number of fused-ring (bicyclic) bond motifs is 2. The largest absolute Gasteiger partial charge is 0.484 e. The molecule has 0 fully saturated rings. The number of rotatable bonds is 5. The molecule has 0 unspecified atom stereocenters. The zero-order valence-corrected chi connectivity index (χ0v) is 16.2. The third kappa shape index (κ3) is 4.60. The average molecular weight is 407 g/mol. The summed E-state index contributed by atoms with van der Waals surface area (Å²) in [5.74, 6) is -0.437. The summed E-state index contributed by atoms with van der Waals surface area (Å²) in [6, 6.07) is 15.9. The molecule has 8 nitrogen and oxygen atoms in total. The fourth-order valence-corrected chi connectivity index (χ4v) is 3.44. The standard InChI is InChI=1S/C22H21N3O5/c26-20(13-25-11-3-5-15-4-1-2-6-18(15)25)23-24-21(27)14-29-17-9-7-16-8-10-22(28)30-19(16)12-17/h1-2,4,6-10,12H,3,5,11,13-14H2,(H,23,26)(H,24,27). The minimum atomic E-state index is -0.503. The van der Waals surface area contributed by atoms with Crippen LogP contribution in [0.2, 0.25) is 0 Å². The summed E-state index contributed by atoms with van der Waals surface area (Å²) in [7, 11) is 0. The first-order valence-electron chi connectivity index (χ1n) is 9.66. The number of benzene rings is 2. The van der Waals surface area contributed by atoms with Crippen molar-refractivity contribution in [2.45, 2.75) is 12.8 Å². The molecule has 1 aromatic heterocycles. The van der Waals surface area contributed by atoms with Crippen molar-refractivity contribution in [3.8, 4) is 5.75 Å². The van der Waals surface area contributed by atoms with Gasteiger partial charge in [-0.1, -0.05) is 18.2 Å². The van der Waals surface area contributed by atoms with E-state index in [-0.39, 0.29) is 19.1 Å². The monoisotopic (exact) mass is 407 g/mol. The molecule has 0 aliphatic carbocycles. The van der Waals surface area contributed by atoms with E-state index in [1.807, 2.05) is 23.1 Å². The Labute approximate surface area is 172 Å². The maximum absolute atomic E-state index is 12.2.